The molecule has 7 heteroatoms. The molecule has 0 radical (unpaired) electrons. The zero-order valence-corrected chi connectivity index (χ0v) is 17.9. The fraction of sp³-hybridized carbons (Fsp3) is 0.333. The summed E-state index contributed by atoms with van der Waals surface area (Å²) < 4.78 is 20.7. The minimum absolute atomic E-state index is 0.132. The van der Waals surface area contributed by atoms with E-state index in [0.717, 1.165) is 24.2 Å². The first-order valence-electron chi connectivity index (χ1n) is 10.5. The number of hydrogen-bond acceptors (Lipinski definition) is 3. The molecule has 0 bridgehead atoms. The third-order valence-electron chi connectivity index (χ3n) is 5.00. The van der Waals surface area contributed by atoms with Gasteiger partial charge in [0.15, 0.2) is 5.76 Å². The van der Waals surface area contributed by atoms with E-state index in [9.17, 15) is 14.0 Å². The summed E-state index contributed by atoms with van der Waals surface area (Å²) in [5, 5.41) is 2.77. The molecule has 0 aliphatic rings. The Morgan fingerprint density at radius 1 is 1.10 bits per heavy atom. The van der Waals surface area contributed by atoms with E-state index < -0.39 is 0 Å². The van der Waals surface area contributed by atoms with Crippen LogP contribution in [-0.2, 0) is 24.4 Å². The second-order valence-electron chi connectivity index (χ2n) is 7.37. The molecule has 0 saturated heterocycles. The average Bonchev–Trinajstić information content (AvgIpc) is 3.42. The lowest BCUT2D eigenvalue weighted by Crippen LogP contribution is -2.31. The molecule has 164 valence electrons. The number of hydrogen-bond donors (Lipinski definition) is 1. The maximum Gasteiger partial charge on any atom is 0.287 e. The van der Waals surface area contributed by atoms with Crippen LogP contribution in [0.25, 0.3) is 0 Å². The summed E-state index contributed by atoms with van der Waals surface area (Å²) in [6, 6.07) is 13.3. The predicted molar refractivity (Wildman–Crippen MR) is 116 cm³/mol. The van der Waals surface area contributed by atoms with Crippen molar-refractivity contribution in [2.45, 2.75) is 46.3 Å². The number of nitrogens with zero attached hydrogens (tertiary/aromatic N) is 2. The van der Waals surface area contributed by atoms with Crippen molar-refractivity contribution in [3.05, 3.63) is 83.3 Å². The van der Waals surface area contributed by atoms with E-state index in [1.54, 1.807) is 24.3 Å². The number of carbonyl (C=O) groups excluding carboxylic acids is 2. The number of carbonyl (C=O) groups is 2. The summed E-state index contributed by atoms with van der Waals surface area (Å²) in [5.41, 5.74) is 1.81. The van der Waals surface area contributed by atoms with Crippen LogP contribution in [0, 0.1) is 5.82 Å². The second-order valence-corrected chi connectivity index (χ2v) is 7.37. The summed E-state index contributed by atoms with van der Waals surface area (Å²) in [7, 11) is 0. The third-order valence-corrected chi connectivity index (χ3v) is 5.00. The van der Waals surface area contributed by atoms with Crippen molar-refractivity contribution in [3.8, 4) is 0 Å². The first-order valence-corrected chi connectivity index (χ1v) is 10.5. The highest BCUT2D eigenvalue weighted by Gasteiger charge is 2.15. The van der Waals surface area contributed by atoms with Crippen molar-refractivity contribution >= 4 is 11.8 Å². The van der Waals surface area contributed by atoms with Crippen molar-refractivity contribution in [2.75, 3.05) is 6.54 Å². The van der Waals surface area contributed by atoms with E-state index >= 15 is 0 Å². The van der Waals surface area contributed by atoms with Crippen molar-refractivity contribution < 1.29 is 18.4 Å². The zero-order valence-electron chi connectivity index (χ0n) is 17.9. The van der Waals surface area contributed by atoms with Crippen LogP contribution in [0.15, 0.2) is 59.1 Å². The van der Waals surface area contributed by atoms with Gasteiger partial charge in [-0.25, -0.2) is 4.39 Å². The molecule has 1 aromatic carbocycles. The van der Waals surface area contributed by atoms with Crippen LogP contribution in [0.2, 0.25) is 0 Å². The standard InChI is InChI=1S/C24H28FN3O3/c1-3-13-28(23(29)4-2)16-20-6-5-14-27(20)17-21-11-12-22(31-21)24(30)26-15-18-7-9-19(25)10-8-18/h5-12,14H,3-4,13,15-17H2,1-2H3,(H,26,30). The summed E-state index contributed by atoms with van der Waals surface area (Å²) in [4.78, 5) is 26.4. The largest absolute Gasteiger partial charge is 0.454 e. The molecule has 0 aliphatic heterocycles. The molecule has 6 nitrogen and oxygen atoms in total. The molecule has 0 saturated carbocycles. The lowest BCUT2D eigenvalue weighted by Gasteiger charge is -2.22. The SMILES string of the molecule is CCCN(Cc1cccn1Cc1ccc(C(=O)NCc2ccc(F)cc2)o1)C(=O)CC. The molecule has 0 fully saturated rings. The molecular weight excluding hydrogens is 397 g/mol. The Morgan fingerprint density at radius 3 is 2.58 bits per heavy atom. The molecule has 2 amide bonds. The molecule has 31 heavy (non-hydrogen) atoms. The van der Waals surface area contributed by atoms with E-state index in [1.807, 2.05) is 34.7 Å². The van der Waals surface area contributed by atoms with Gasteiger partial charge in [0.05, 0.1) is 13.1 Å². The van der Waals surface area contributed by atoms with E-state index in [2.05, 4.69) is 12.2 Å². The van der Waals surface area contributed by atoms with Crippen LogP contribution < -0.4 is 5.32 Å². The smallest absolute Gasteiger partial charge is 0.287 e. The molecule has 0 aliphatic carbocycles. The molecular formula is C24H28FN3O3. The Bertz CT molecular complexity index is 1010. The van der Waals surface area contributed by atoms with Crippen molar-refractivity contribution in [1.29, 1.82) is 0 Å². The minimum Gasteiger partial charge on any atom is -0.454 e. The first kappa shape index (κ1) is 22.3. The topological polar surface area (TPSA) is 67.5 Å². The van der Waals surface area contributed by atoms with Gasteiger partial charge in [0.1, 0.15) is 11.6 Å². The third kappa shape index (κ3) is 6.07. The van der Waals surface area contributed by atoms with Gasteiger partial charge in [-0.05, 0) is 48.4 Å². The number of furan rings is 1. The molecule has 0 spiro atoms. The number of halogens is 1. The van der Waals surface area contributed by atoms with Crippen molar-refractivity contribution in [1.82, 2.24) is 14.8 Å². The quantitative estimate of drug-likeness (QED) is 0.525. The van der Waals surface area contributed by atoms with Gasteiger partial charge in [-0.15, -0.1) is 0 Å². The van der Waals surface area contributed by atoms with Crippen LogP contribution in [0.3, 0.4) is 0 Å². The molecule has 1 N–H and O–H groups in total. The van der Waals surface area contributed by atoms with Crippen molar-refractivity contribution in [3.63, 3.8) is 0 Å². The van der Waals surface area contributed by atoms with Gasteiger partial charge in [-0.2, -0.15) is 0 Å². The molecule has 3 aromatic rings. The van der Waals surface area contributed by atoms with E-state index in [1.165, 1.54) is 12.1 Å². The fourth-order valence-electron chi connectivity index (χ4n) is 3.35. The summed E-state index contributed by atoms with van der Waals surface area (Å²) >= 11 is 0. The number of amides is 2. The van der Waals surface area contributed by atoms with Gasteiger partial charge < -0.3 is 19.2 Å². The molecule has 0 atom stereocenters. The van der Waals surface area contributed by atoms with Crippen molar-refractivity contribution in [2.24, 2.45) is 0 Å². The van der Waals surface area contributed by atoms with Crippen LogP contribution in [0.4, 0.5) is 4.39 Å². The highest BCUT2D eigenvalue weighted by Crippen LogP contribution is 2.15. The van der Waals surface area contributed by atoms with Crippen LogP contribution >= 0.6 is 0 Å². The van der Waals surface area contributed by atoms with Gasteiger partial charge in [-0.3, -0.25) is 9.59 Å². The summed E-state index contributed by atoms with van der Waals surface area (Å²) in [6.07, 6.45) is 3.32. The van der Waals surface area contributed by atoms with Crippen LogP contribution in [0.1, 0.15) is 54.3 Å². The number of aromatic nitrogens is 1. The second kappa shape index (κ2) is 10.6. The number of nitrogens with one attached hydrogen (secondary N) is 1. The van der Waals surface area contributed by atoms with Gasteiger partial charge in [0, 0.05) is 31.4 Å². The maximum atomic E-state index is 13.0. The summed E-state index contributed by atoms with van der Waals surface area (Å²) in [5.74, 6) is 0.360. The Balaban J connectivity index is 1.61. The van der Waals surface area contributed by atoms with E-state index in [-0.39, 0.29) is 29.9 Å². The van der Waals surface area contributed by atoms with Gasteiger partial charge in [0.25, 0.3) is 5.91 Å². The number of benzene rings is 1. The van der Waals surface area contributed by atoms with Gasteiger partial charge in [-0.1, -0.05) is 26.0 Å². The Hall–Kier alpha value is -3.35. The van der Waals surface area contributed by atoms with E-state index in [4.69, 9.17) is 4.42 Å². The van der Waals surface area contributed by atoms with Gasteiger partial charge in [0.2, 0.25) is 5.91 Å². The molecule has 2 aromatic heterocycles. The highest BCUT2D eigenvalue weighted by molar-refractivity contribution is 5.91. The predicted octanol–water partition coefficient (Wildman–Crippen LogP) is 4.35. The maximum absolute atomic E-state index is 13.0. The first-order chi connectivity index (χ1) is 15.0. The molecule has 2 heterocycles. The highest BCUT2D eigenvalue weighted by atomic mass is 19.1. The van der Waals surface area contributed by atoms with Crippen LogP contribution in [0.5, 0.6) is 0 Å². The molecule has 3 rings (SSSR count). The lowest BCUT2D eigenvalue weighted by molar-refractivity contribution is -0.131. The fourth-order valence-corrected chi connectivity index (χ4v) is 3.35. The number of rotatable bonds is 10. The Kier molecular flexibility index (Phi) is 7.65. The Morgan fingerprint density at radius 2 is 1.87 bits per heavy atom. The summed E-state index contributed by atoms with van der Waals surface area (Å²) in [6.45, 7) is 5.94. The lowest BCUT2D eigenvalue weighted by atomic mass is 10.2. The van der Waals surface area contributed by atoms with Gasteiger partial charge >= 0.3 is 0 Å². The normalized spacial score (nSPS) is 10.8. The molecule has 0 unspecified atom stereocenters. The zero-order chi connectivity index (χ0) is 22.2. The monoisotopic (exact) mass is 425 g/mol. The van der Waals surface area contributed by atoms with Crippen LogP contribution in [-0.4, -0.2) is 27.8 Å². The minimum atomic E-state index is -0.328. The Labute approximate surface area is 181 Å². The van der Waals surface area contributed by atoms with E-state index in [0.29, 0.717) is 25.3 Å². The average molecular weight is 426 g/mol.